The van der Waals surface area contributed by atoms with Crippen LogP contribution in [0.4, 0.5) is 4.79 Å². The quantitative estimate of drug-likeness (QED) is 0.637. The molecule has 0 radical (unpaired) electrons. The van der Waals surface area contributed by atoms with Gasteiger partial charge in [-0.25, -0.2) is 4.79 Å². The van der Waals surface area contributed by atoms with Crippen molar-refractivity contribution in [3.8, 4) is 0 Å². The number of hydrogen-bond donors (Lipinski definition) is 0. The highest BCUT2D eigenvalue weighted by molar-refractivity contribution is 6.44. The van der Waals surface area contributed by atoms with Gasteiger partial charge in [0.05, 0.1) is 6.54 Å². The fourth-order valence-electron chi connectivity index (χ4n) is 3.40. The summed E-state index contributed by atoms with van der Waals surface area (Å²) in [5, 5.41) is 0. The van der Waals surface area contributed by atoms with E-state index in [1.54, 1.807) is 0 Å². The van der Waals surface area contributed by atoms with Crippen molar-refractivity contribution < 1.29 is 14.4 Å². The van der Waals surface area contributed by atoms with Crippen LogP contribution in [0.2, 0.25) is 0 Å². The molecule has 0 unspecified atom stereocenters. The first-order valence-corrected chi connectivity index (χ1v) is 7.82. The zero-order chi connectivity index (χ0) is 15.7. The minimum Gasteiger partial charge on any atom is -0.263 e. The highest BCUT2D eigenvalue weighted by atomic mass is 16.2. The molecule has 1 aliphatic heterocycles. The number of rotatable bonds is 3. The molecule has 1 aliphatic carbocycles. The molecule has 3 rings (SSSR count). The van der Waals surface area contributed by atoms with Gasteiger partial charge in [0.15, 0.2) is 0 Å². The van der Waals surface area contributed by atoms with Gasteiger partial charge in [-0.2, -0.15) is 0 Å². The lowest BCUT2D eigenvalue weighted by atomic mass is 9.85. The smallest absolute Gasteiger partial charge is 0.263 e. The van der Waals surface area contributed by atoms with Crippen molar-refractivity contribution in [1.82, 2.24) is 9.80 Å². The minimum absolute atomic E-state index is 0.140. The number of nitrogens with zero attached hydrogens (tertiary/aromatic N) is 2. The molecule has 4 amide bonds. The van der Waals surface area contributed by atoms with Crippen molar-refractivity contribution >= 4 is 17.8 Å². The van der Waals surface area contributed by atoms with E-state index in [-0.39, 0.29) is 18.5 Å². The maximum atomic E-state index is 12.6. The summed E-state index contributed by atoms with van der Waals surface area (Å²) in [6, 6.07) is 8.66. The van der Waals surface area contributed by atoms with Crippen molar-refractivity contribution in [2.24, 2.45) is 5.92 Å². The Bertz CT molecular complexity index is 599. The van der Waals surface area contributed by atoms with Crippen LogP contribution in [0.15, 0.2) is 30.3 Å². The normalized spacial score (nSPS) is 26.0. The SMILES string of the molecule is C[C@H]1CCCC[C@@H]1N1C(=O)C(=O)N(Cc2ccccc2)C1=O. The van der Waals surface area contributed by atoms with Gasteiger partial charge in [-0.05, 0) is 24.3 Å². The van der Waals surface area contributed by atoms with E-state index in [0.29, 0.717) is 0 Å². The Labute approximate surface area is 129 Å². The molecule has 1 saturated heterocycles. The van der Waals surface area contributed by atoms with Gasteiger partial charge in [-0.1, -0.05) is 50.1 Å². The highest BCUT2D eigenvalue weighted by Gasteiger charge is 2.48. The lowest BCUT2D eigenvalue weighted by Crippen LogP contribution is -2.46. The highest BCUT2D eigenvalue weighted by Crippen LogP contribution is 2.31. The van der Waals surface area contributed by atoms with E-state index in [0.717, 1.165) is 36.1 Å². The Morgan fingerprint density at radius 2 is 1.68 bits per heavy atom. The second kappa shape index (κ2) is 5.91. The zero-order valence-electron chi connectivity index (χ0n) is 12.7. The van der Waals surface area contributed by atoms with Gasteiger partial charge < -0.3 is 0 Å². The average Bonchev–Trinajstić information content (AvgIpc) is 2.73. The van der Waals surface area contributed by atoms with Crippen LogP contribution >= 0.6 is 0 Å². The van der Waals surface area contributed by atoms with Gasteiger partial charge in [-0.15, -0.1) is 0 Å². The van der Waals surface area contributed by atoms with Gasteiger partial charge in [0, 0.05) is 6.04 Å². The third-order valence-corrected chi connectivity index (χ3v) is 4.67. The summed E-state index contributed by atoms with van der Waals surface area (Å²) >= 11 is 0. The summed E-state index contributed by atoms with van der Waals surface area (Å²) in [5.41, 5.74) is 0.843. The van der Waals surface area contributed by atoms with E-state index in [1.165, 1.54) is 4.90 Å². The van der Waals surface area contributed by atoms with Gasteiger partial charge in [0.25, 0.3) is 0 Å². The fourth-order valence-corrected chi connectivity index (χ4v) is 3.40. The third kappa shape index (κ3) is 2.51. The lowest BCUT2D eigenvalue weighted by molar-refractivity contribution is -0.144. The zero-order valence-corrected chi connectivity index (χ0v) is 12.7. The number of urea groups is 1. The largest absolute Gasteiger partial charge is 0.334 e. The van der Waals surface area contributed by atoms with Crippen molar-refractivity contribution in [1.29, 1.82) is 0 Å². The summed E-state index contributed by atoms with van der Waals surface area (Å²) in [7, 11) is 0. The van der Waals surface area contributed by atoms with Crippen molar-refractivity contribution in [3.05, 3.63) is 35.9 Å². The summed E-state index contributed by atoms with van der Waals surface area (Å²) in [4.78, 5) is 39.3. The molecule has 1 aromatic carbocycles. The van der Waals surface area contributed by atoms with Crippen molar-refractivity contribution in [2.45, 2.75) is 45.2 Å². The molecule has 0 spiro atoms. The van der Waals surface area contributed by atoms with Crippen LogP contribution in [0.25, 0.3) is 0 Å². The number of hydrogen-bond acceptors (Lipinski definition) is 3. The van der Waals surface area contributed by atoms with Crippen molar-refractivity contribution in [2.75, 3.05) is 0 Å². The van der Waals surface area contributed by atoms with Crippen LogP contribution < -0.4 is 0 Å². The molecule has 22 heavy (non-hydrogen) atoms. The number of carbonyl (C=O) groups is 3. The molecule has 1 heterocycles. The van der Waals surface area contributed by atoms with E-state index >= 15 is 0 Å². The van der Waals surface area contributed by atoms with Gasteiger partial charge >= 0.3 is 17.8 Å². The summed E-state index contributed by atoms with van der Waals surface area (Å²) in [6.45, 7) is 2.20. The Kier molecular flexibility index (Phi) is 3.96. The van der Waals surface area contributed by atoms with Gasteiger partial charge in [-0.3, -0.25) is 19.4 Å². The lowest BCUT2D eigenvalue weighted by Gasteiger charge is -2.34. The maximum absolute atomic E-state index is 12.6. The number of benzene rings is 1. The molecule has 5 nitrogen and oxygen atoms in total. The molecule has 2 atom stereocenters. The van der Waals surface area contributed by atoms with Crippen LogP contribution in [-0.2, 0) is 16.1 Å². The predicted molar refractivity (Wildman–Crippen MR) is 80.7 cm³/mol. The van der Waals surface area contributed by atoms with E-state index in [1.807, 2.05) is 30.3 Å². The molecule has 5 heteroatoms. The van der Waals surface area contributed by atoms with Crippen LogP contribution in [0.3, 0.4) is 0 Å². The minimum atomic E-state index is -0.702. The Morgan fingerprint density at radius 1 is 1.00 bits per heavy atom. The predicted octanol–water partition coefficient (Wildman–Crippen LogP) is 2.56. The molecule has 1 saturated carbocycles. The van der Waals surface area contributed by atoms with Crippen LogP contribution in [0.5, 0.6) is 0 Å². The van der Waals surface area contributed by atoms with Crippen LogP contribution in [0.1, 0.15) is 38.2 Å². The summed E-state index contributed by atoms with van der Waals surface area (Å²) < 4.78 is 0. The molecule has 0 N–H and O–H groups in total. The molecular weight excluding hydrogens is 280 g/mol. The number of amides is 4. The Morgan fingerprint density at radius 3 is 2.36 bits per heavy atom. The van der Waals surface area contributed by atoms with Gasteiger partial charge in [0.2, 0.25) is 0 Å². The Hall–Kier alpha value is -2.17. The molecule has 0 bridgehead atoms. The molecule has 1 aromatic rings. The van der Waals surface area contributed by atoms with Crippen LogP contribution in [0, 0.1) is 5.92 Å². The summed E-state index contributed by atoms with van der Waals surface area (Å²) in [6.07, 6.45) is 3.91. The van der Waals surface area contributed by atoms with E-state index in [2.05, 4.69) is 6.92 Å². The molecule has 2 fully saturated rings. The second-order valence-corrected chi connectivity index (χ2v) is 6.16. The van der Waals surface area contributed by atoms with Crippen molar-refractivity contribution in [3.63, 3.8) is 0 Å². The second-order valence-electron chi connectivity index (χ2n) is 6.16. The van der Waals surface area contributed by atoms with Gasteiger partial charge in [0.1, 0.15) is 0 Å². The first kappa shape index (κ1) is 14.8. The summed E-state index contributed by atoms with van der Waals surface area (Å²) in [5.74, 6) is -1.11. The fraction of sp³-hybridized carbons (Fsp3) is 0.471. The molecule has 2 aliphatic rings. The first-order chi connectivity index (χ1) is 10.6. The van der Waals surface area contributed by atoms with E-state index in [4.69, 9.17) is 0 Å². The third-order valence-electron chi connectivity index (χ3n) is 4.67. The first-order valence-electron chi connectivity index (χ1n) is 7.82. The molecule has 0 aromatic heterocycles. The molecular formula is C17H20N2O3. The number of imide groups is 2. The average molecular weight is 300 g/mol. The van der Waals surface area contributed by atoms with Crippen LogP contribution in [-0.4, -0.2) is 33.7 Å². The standard InChI is InChI=1S/C17H20N2O3/c1-12-7-5-6-10-14(12)19-16(21)15(20)18(17(19)22)11-13-8-3-2-4-9-13/h2-4,8-9,12,14H,5-7,10-11H2,1H3/t12-,14-/m0/s1. The van der Waals surface area contributed by atoms with E-state index < -0.39 is 17.8 Å². The number of carbonyl (C=O) groups excluding carboxylic acids is 3. The monoisotopic (exact) mass is 300 g/mol. The van der Waals surface area contributed by atoms with E-state index in [9.17, 15) is 14.4 Å². The topological polar surface area (TPSA) is 57.7 Å². The maximum Gasteiger partial charge on any atom is 0.334 e. The molecule has 116 valence electrons. The Balaban J connectivity index is 1.81.